The molecule has 1 rings (SSSR count). The Labute approximate surface area is 72.3 Å². The van der Waals surface area contributed by atoms with Gasteiger partial charge in [-0.05, 0) is 13.0 Å². The van der Waals surface area contributed by atoms with Crippen molar-refractivity contribution < 1.29 is 9.47 Å². The second kappa shape index (κ2) is 4.72. The zero-order chi connectivity index (χ0) is 8.81. The second-order valence-corrected chi connectivity index (χ2v) is 2.55. The maximum absolute atomic E-state index is 5.42. The molecule has 0 saturated heterocycles. The van der Waals surface area contributed by atoms with E-state index in [-0.39, 0.29) is 6.10 Å². The van der Waals surface area contributed by atoms with Crippen LogP contribution in [-0.2, 0) is 4.74 Å². The highest BCUT2D eigenvalue weighted by Gasteiger charge is 2.02. The van der Waals surface area contributed by atoms with E-state index < -0.39 is 0 Å². The standard InChI is InChI=1S/C9H13NO2/c1-8(7-11-2)12-9-5-3-4-6-10-9/h3-6,8H,7H2,1-2H3. The van der Waals surface area contributed by atoms with E-state index in [1.165, 1.54) is 0 Å². The minimum absolute atomic E-state index is 0.0462. The molecular weight excluding hydrogens is 154 g/mol. The molecule has 0 N–H and O–H groups in total. The predicted octanol–water partition coefficient (Wildman–Crippen LogP) is 1.50. The fourth-order valence-electron chi connectivity index (χ4n) is 0.892. The highest BCUT2D eigenvalue weighted by Crippen LogP contribution is 2.05. The Balaban J connectivity index is 2.41. The summed E-state index contributed by atoms with van der Waals surface area (Å²) in [4.78, 5) is 4.02. The maximum Gasteiger partial charge on any atom is 0.213 e. The van der Waals surface area contributed by atoms with Gasteiger partial charge in [0.05, 0.1) is 6.61 Å². The summed E-state index contributed by atoms with van der Waals surface area (Å²) in [7, 11) is 1.65. The number of ether oxygens (including phenoxy) is 2. The Morgan fingerprint density at radius 1 is 1.50 bits per heavy atom. The Morgan fingerprint density at radius 3 is 2.92 bits per heavy atom. The Kier molecular flexibility index (Phi) is 3.54. The number of pyridine rings is 1. The van der Waals surface area contributed by atoms with Crippen molar-refractivity contribution in [1.29, 1.82) is 0 Å². The van der Waals surface area contributed by atoms with E-state index in [0.29, 0.717) is 12.5 Å². The zero-order valence-corrected chi connectivity index (χ0v) is 7.36. The highest BCUT2D eigenvalue weighted by molar-refractivity contribution is 5.09. The Bertz CT molecular complexity index is 213. The van der Waals surface area contributed by atoms with Crippen molar-refractivity contribution in [3.63, 3.8) is 0 Å². The summed E-state index contributed by atoms with van der Waals surface area (Å²) in [5.41, 5.74) is 0. The van der Waals surface area contributed by atoms with E-state index in [1.54, 1.807) is 13.3 Å². The van der Waals surface area contributed by atoms with Crippen LogP contribution in [0.1, 0.15) is 6.92 Å². The van der Waals surface area contributed by atoms with E-state index in [0.717, 1.165) is 0 Å². The lowest BCUT2D eigenvalue weighted by atomic mass is 10.4. The molecule has 1 aromatic heterocycles. The molecule has 1 atom stereocenters. The summed E-state index contributed by atoms with van der Waals surface area (Å²) in [6.07, 6.45) is 1.75. The summed E-state index contributed by atoms with van der Waals surface area (Å²) < 4.78 is 10.3. The summed E-state index contributed by atoms with van der Waals surface area (Å²) >= 11 is 0. The van der Waals surface area contributed by atoms with E-state index in [4.69, 9.17) is 9.47 Å². The van der Waals surface area contributed by atoms with Crippen molar-refractivity contribution in [2.24, 2.45) is 0 Å². The van der Waals surface area contributed by atoms with Gasteiger partial charge in [-0.2, -0.15) is 0 Å². The molecule has 1 unspecified atom stereocenters. The van der Waals surface area contributed by atoms with Gasteiger partial charge in [0.1, 0.15) is 6.10 Å². The van der Waals surface area contributed by atoms with E-state index in [1.807, 2.05) is 25.1 Å². The Hall–Kier alpha value is -1.09. The van der Waals surface area contributed by atoms with Crippen molar-refractivity contribution in [1.82, 2.24) is 4.98 Å². The van der Waals surface area contributed by atoms with Gasteiger partial charge in [0.2, 0.25) is 5.88 Å². The molecule has 3 heteroatoms. The first-order valence-electron chi connectivity index (χ1n) is 3.89. The van der Waals surface area contributed by atoms with Crippen molar-refractivity contribution in [2.75, 3.05) is 13.7 Å². The molecule has 0 radical (unpaired) electrons. The van der Waals surface area contributed by atoms with Crippen LogP contribution in [0.2, 0.25) is 0 Å². The molecular formula is C9H13NO2. The molecule has 66 valence electrons. The zero-order valence-electron chi connectivity index (χ0n) is 7.36. The normalized spacial score (nSPS) is 12.5. The molecule has 0 saturated carbocycles. The minimum atomic E-state index is 0.0462. The van der Waals surface area contributed by atoms with E-state index in [9.17, 15) is 0 Å². The van der Waals surface area contributed by atoms with Gasteiger partial charge in [0, 0.05) is 19.4 Å². The summed E-state index contributed by atoms with van der Waals surface area (Å²) in [6.45, 7) is 2.52. The average molecular weight is 167 g/mol. The number of hydrogen-bond donors (Lipinski definition) is 0. The molecule has 0 bridgehead atoms. The summed E-state index contributed by atoms with van der Waals surface area (Å²) in [5.74, 6) is 0.641. The van der Waals surface area contributed by atoms with Crippen LogP contribution in [0.4, 0.5) is 0 Å². The van der Waals surface area contributed by atoms with Crippen molar-refractivity contribution in [3.05, 3.63) is 24.4 Å². The van der Waals surface area contributed by atoms with Crippen LogP contribution in [-0.4, -0.2) is 24.8 Å². The molecule has 0 aromatic carbocycles. The van der Waals surface area contributed by atoms with Crippen LogP contribution in [0.3, 0.4) is 0 Å². The molecule has 0 aliphatic heterocycles. The molecule has 0 aliphatic rings. The molecule has 3 nitrogen and oxygen atoms in total. The summed E-state index contributed by atoms with van der Waals surface area (Å²) in [6, 6.07) is 5.57. The third kappa shape index (κ3) is 2.88. The second-order valence-electron chi connectivity index (χ2n) is 2.55. The highest BCUT2D eigenvalue weighted by atomic mass is 16.5. The molecule has 1 aromatic rings. The predicted molar refractivity (Wildman–Crippen MR) is 46.2 cm³/mol. The SMILES string of the molecule is COCC(C)Oc1ccccn1. The lowest BCUT2D eigenvalue weighted by Gasteiger charge is -2.11. The smallest absolute Gasteiger partial charge is 0.213 e. The average Bonchev–Trinajstić information content (AvgIpc) is 2.06. The topological polar surface area (TPSA) is 31.4 Å². The van der Waals surface area contributed by atoms with Crippen LogP contribution < -0.4 is 4.74 Å². The monoisotopic (exact) mass is 167 g/mol. The van der Waals surface area contributed by atoms with Gasteiger partial charge in [-0.15, -0.1) is 0 Å². The number of aromatic nitrogens is 1. The van der Waals surface area contributed by atoms with Crippen molar-refractivity contribution >= 4 is 0 Å². The van der Waals surface area contributed by atoms with E-state index in [2.05, 4.69) is 4.98 Å². The van der Waals surface area contributed by atoms with Gasteiger partial charge in [-0.1, -0.05) is 6.07 Å². The first-order chi connectivity index (χ1) is 5.83. The van der Waals surface area contributed by atoms with Gasteiger partial charge < -0.3 is 9.47 Å². The van der Waals surface area contributed by atoms with Gasteiger partial charge in [0.25, 0.3) is 0 Å². The van der Waals surface area contributed by atoms with Crippen LogP contribution in [0.15, 0.2) is 24.4 Å². The quantitative estimate of drug-likeness (QED) is 0.681. The minimum Gasteiger partial charge on any atom is -0.472 e. The van der Waals surface area contributed by atoms with Crippen LogP contribution >= 0.6 is 0 Å². The van der Waals surface area contributed by atoms with E-state index >= 15 is 0 Å². The first-order valence-corrected chi connectivity index (χ1v) is 3.89. The molecule has 0 aliphatic carbocycles. The van der Waals surface area contributed by atoms with Gasteiger partial charge in [0.15, 0.2) is 0 Å². The number of hydrogen-bond acceptors (Lipinski definition) is 3. The molecule has 0 fully saturated rings. The molecule has 0 amide bonds. The fraction of sp³-hybridized carbons (Fsp3) is 0.444. The maximum atomic E-state index is 5.42. The molecule has 0 spiro atoms. The number of rotatable bonds is 4. The summed E-state index contributed by atoms with van der Waals surface area (Å²) in [5, 5.41) is 0. The lowest BCUT2D eigenvalue weighted by molar-refractivity contribution is 0.0890. The number of methoxy groups -OCH3 is 1. The largest absolute Gasteiger partial charge is 0.472 e. The third-order valence-corrected chi connectivity index (χ3v) is 1.36. The third-order valence-electron chi connectivity index (χ3n) is 1.36. The Morgan fingerprint density at radius 2 is 2.33 bits per heavy atom. The van der Waals surface area contributed by atoms with Gasteiger partial charge >= 0.3 is 0 Å². The number of nitrogens with zero attached hydrogens (tertiary/aromatic N) is 1. The van der Waals surface area contributed by atoms with Gasteiger partial charge in [-0.3, -0.25) is 0 Å². The fourth-order valence-corrected chi connectivity index (χ4v) is 0.892. The molecule has 1 heterocycles. The van der Waals surface area contributed by atoms with Crippen LogP contribution in [0, 0.1) is 0 Å². The van der Waals surface area contributed by atoms with Crippen LogP contribution in [0.25, 0.3) is 0 Å². The lowest BCUT2D eigenvalue weighted by Crippen LogP contribution is -2.18. The first kappa shape index (κ1) is 9.00. The van der Waals surface area contributed by atoms with Crippen LogP contribution in [0.5, 0.6) is 5.88 Å². The van der Waals surface area contributed by atoms with Gasteiger partial charge in [-0.25, -0.2) is 4.98 Å². The van der Waals surface area contributed by atoms with Crippen molar-refractivity contribution in [3.8, 4) is 5.88 Å². The molecule has 12 heavy (non-hydrogen) atoms. The van der Waals surface area contributed by atoms with Crippen molar-refractivity contribution in [2.45, 2.75) is 13.0 Å².